The van der Waals surface area contributed by atoms with Gasteiger partial charge in [0.2, 0.25) is 0 Å². The van der Waals surface area contributed by atoms with Crippen LogP contribution in [0.5, 0.6) is 0 Å². The van der Waals surface area contributed by atoms with Gasteiger partial charge in [0.05, 0.1) is 16.8 Å². The molecular formula is C13H15BFNO4S. The van der Waals surface area contributed by atoms with Crippen LogP contribution in [0.2, 0.25) is 0 Å². The van der Waals surface area contributed by atoms with Gasteiger partial charge < -0.3 is 9.31 Å². The molecule has 112 valence electrons. The number of hydrogen-bond acceptors (Lipinski definition) is 5. The van der Waals surface area contributed by atoms with Crippen molar-refractivity contribution in [2.45, 2.75) is 43.8 Å². The van der Waals surface area contributed by atoms with Crippen LogP contribution < -0.4 is 5.46 Å². The van der Waals surface area contributed by atoms with Crippen molar-refractivity contribution >= 4 is 22.8 Å². The lowest BCUT2D eigenvalue weighted by molar-refractivity contribution is 0.00578. The molecule has 1 heterocycles. The summed E-state index contributed by atoms with van der Waals surface area (Å²) in [5, 5.41) is 9.19. The summed E-state index contributed by atoms with van der Waals surface area (Å²) in [5.74, 6) is 0. The lowest BCUT2D eigenvalue weighted by Crippen LogP contribution is -2.41. The lowest BCUT2D eigenvalue weighted by atomic mass is 9.76. The van der Waals surface area contributed by atoms with Crippen LogP contribution in [0, 0.1) is 11.3 Å². The fraction of sp³-hybridized carbons (Fsp3) is 0.462. The fourth-order valence-electron chi connectivity index (χ4n) is 2.04. The van der Waals surface area contributed by atoms with Crippen LogP contribution in [0.1, 0.15) is 33.3 Å². The molecular weight excluding hydrogens is 296 g/mol. The highest BCUT2D eigenvalue weighted by molar-refractivity contribution is 7.86. The summed E-state index contributed by atoms with van der Waals surface area (Å²) in [6.07, 6.45) is 0. The molecule has 0 aliphatic carbocycles. The molecule has 5 nitrogen and oxygen atoms in total. The van der Waals surface area contributed by atoms with Crippen LogP contribution in [0.3, 0.4) is 0 Å². The monoisotopic (exact) mass is 311 g/mol. The number of nitriles is 1. The minimum absolute atomic E-state index is 0.204. The Hall–Kier alpha value is -1.43. The maximum Gasteiger partial charge on any atom is 0.496 e. The molecule has 1 aliphatic heterocycles. The van der Waals surface area contributed by atoms with Crippen LogP contribution in [0.25, 0.3) is 0 Å². The first-order chi connectivity index (χ1) is 9.49. The minimum Gasteiger partial charge on any atom is -0.399 e. The molecule has 1 aromatic carbocycles. The van der Waals surface area contributed by atoms with Crippen LogP contribution in [0.15, 0.2) is 23.1 Å². The van der Waals surface area contributed by atoms with Crippen molar-refractivity contribution in [3.63, 3.8) is 0 Å². The molecule has 0 aromatic heterocycles. The third-order valence-electron chi connectivity index (χ3n) is 3.94. The molecule has 0 saturated carbocycles. The molecule has 0 atom stereocenters. The zero-order valence-electron chi connectivity index (χ0n) is 12.2. The van der Waals surface area contributed by atoms with E-state index in [0.29, 0.717) is 0 Å². The van der Waals surface area contributed by atoms with Crippen molar-refractivity contribution in [2.24, 2.45) is 0 Å². The summed E-state index contributed by atoms with van der Waals surface area (Å²) in [4.78, 5) is -0.669. The van der Waals surface area contributed by atoms with Crippen molar-refractivity contribution < 1.29 is 21.6 Å². The first-order valence-corrected chi connectivity index (χ1v) is 7.71. The molecule has 0 spiro atoms. The van der Waals surface area contributed by atoms with Crippen LogP contribution >= 0.6 is 0 Å². The average Bonchev–Trinajstić information content (AvgIpc) is 2.56. The van der Waals surface area contributed by atoms with E-state index < -0.39 is 33.4 Å². The molecule has 0 bridgehead atoms. The smallest absolute Gasteiger partial charge is 0.399 e. The Morgan fingerprint density at radius 2 is 1.71 bits per heavy atom. The predicted octanol–water partition coefficient (Wildman–Crippen LogP) is 1.52. The van der Waals surface area contributed by atoms with Crippen molar-refractivity contribution in [1.82, 2.24) is 0 Å². The van der Waals surface area contributed by atoms with Gasteiger partial charge in [0.25, 0.3) is 0 Å². The Kier molecular flexibility index (Phi) is 3.65. The molecule has 8 heteroatoms. The second kappa shape index (κ2) is 4.80. The molecule has 21 heavy (non-hydrogen) atoms. The van der Waals surface area contributed by atoms with Crippen molar-refractivity contribution in [3.8, 4) is 6.07 Å². The number of hydrogen-bond donors (Lipinski definition) is 0. The lowest BCUT2D eigenvalue weighted by Gasteiger charge is -2.32. The quantitative estimate of drug-likeness (QED) is 0.611. The normalized spacial score (nSPS) is 20.3. The molecule has 1 fully saturated rings. The van der Waals surface area contributed by atoms with E-state index in [1.807, 2.05) is 27.7 Å². The Morgan fingerprint density at radius 1 is 1.19 bits per heavy atom. The molecule has 2 rings (SSSR count). The number of rotatable bonds is 2. The third-order valence-corrected chi connectivity index (χ3v) is 4.81. The zero-order chi connectivity index (χ0) is 16.1. The highest BCUT2D eigenvalue weighted by Crippen LogP contribution is 2.37. The standard InChI is InChI=1S/C13H15BFNO4S/c1-12(2)13(3,4)20-14(19-12)10-6-5-7-11(9(10)8-16)21(15,17)18/h5-7H,1-4H3. The summed E-state index contributed by atoms with van der Waals surface area (Å²) < 4.78 is 47.1. The topological polar surface area (TPSA) is 76.4 Å². The van der Waals surface area contributed by atoms with Gasteiger partial charge in [-0.3, -0.25) is 0 Å². The van der Waals surface area contributed by atoms with Gasteiger partial charge in [0, 0.05) is 5.46 Å². The van der Waals surface area contributed by atoms with E-state index in [4.69, 9.17) is 9.31 Å². The average molecular weight is 311 g/mol. The van der Waals surface area contributed by atoms with Gasteiger partial charge >= 0.3 is 17.3 Å². The van der Waals surface area contributed by atoms with Gasteiger partial charge in [-0.25, -0.2) is 0 Å². The molecule has 1 saturated heterocycles. The summed E-state index contributed by atoms with van der Waals surface area (Å²) in [6.45, 7) is 7.31. The molecule has 0 radical (unpaired) electrons. The number of nitrogens with zero attached hydrogens (tertiary/aromatic N) is 1. The molecule has 0 N–H and O–H groups in total. The zero-order valence-corrected chi connectivity index (χ0v) is 13.0. The van der Waals surface area contributed by atoms with Gasteiger partial charge in [-0.1, -0.05) is 12.1 Å². The van der Waals surface area contributed by atoms with Crippen molar-refractivity contribution in [2.75, 3.05) is 0 Å². The minimum atomic E-state index is -4.99. The number of benzene rings is 1. The number of halogens is 1. The van der Waals surface area contributed by atoms with Gasteiger partial charge in [-0.05, 0) is 33.8 Å². The van der Waals surface area contributed by atoms with Crippen molar-refractivity contribution in [1.29, 1.82) is 5.26 Å². The summed E-state index contributed by atoms with van der Waals surface area (Å²) >= 11 is 0. The Bertz CT molecular complexity index is 708. The summed E-state index contributed by atoms with van der Waals surface area (Å²) in [7, 11) is -5.91. The first-order valence-electron chi connectivity index (χ1n) is 6.33. The van der Waals surface area contributed by atoms with E-state index in [1.54, 1.807) is 6.07 Å². The van der Waals surface area contributed by atoms with Gasteiger partial charge in [-0.2, -0.15) is 13.7 Å². The second-order valence-electron chi connectivity index (χ2n) is 5.86. The summed E-state index contributed by atoms with van der Waals surface area (Å²) in [6, 6.07) is 5.62. The Balaban J connectivity index is 2.56. The van der Waals surface area contributed by atoms with E-state index >= 15 is 0 Å². The van der Waals surface area contributed by atoms with E-state index in [1.165, 1.54) is 12.1 Å². The molecule has 1 aromatic rings. The predicted molar refractivity (Wildman–Crippen MR) is 75.2 cm³/mol. The third kappa shape index (κ3) is 2.69. The molecule has 0 amide bonds. The highest BCUT2D eigenvalue weighted by atomic mass is 32.3. The molecule has 0 unspecified atom stereocenters. The second-order valence-corrected chi connectivity index (χ2v) is 7.17. The van der Waals surface area contributed by atoms with Crippen LogP contribution in [-0.4, -0.2) is 26.7 Å². The largest absolute Gasteiger partial charge is 0.496 e. The SMILES string of the molecule is CC1(C)OB(c2cccc(S(=O)(=O)F)c2C#N)OC1(C)C. The Labute approximate surface area is 124 Å². The van der Waals surface area contributed by atoms with Crippen LogP contribution in [-0.2, 0) is 19.5 Å². The van der Waals surface area contributed by atoms with Gasteiger partial charge in [0.15, 0.2) is 0 Å². The maximum atomic E-state index is 13.3. The van der Waals surface area contributed by atoms with E-state index in [9.17, 15) is 17.6 Å². The highest BCUT2D eigenvalue weighted by Gasteiger charge is 2.52. The fourth-order valence-corrected chi connectivity index (χ4v) is 2.69. The Morgan fingerprint density at radius 3 is 2.14 bits per heavy atom. The van der Waals surface area contributed by atoms with E-state index in [2.05, 4.69) is 0 Å². The maximum absolute atomic E-state index is 13.3. The first kappa shape index (κ1) is 16.0. The molecule has 1 aliphatic rings. The summed E-state index contributed by atoms with van der Waals surface area (Å²) in [5.41, 5.74) is -1.38. The van der Waals surface area contributed by atoms with E-state index in [0.717, 1.165) is 6.07 Å². The van der Waals surface area contributed by atoms with Gasteiger partial charge in [-0.15, -0.1) is 3.89 Å². The van der Waals surface area contributed by atoms with Crippen LogP contribution in [0.4, 0.5) is 3.89 Å². The van der Waals surface area contributed by atoms with E-state index in [-0.39, 0.29) is 11.0 Å². The van der Waals surface area contributed by atoms with Gasteiger partial charge in [0.1, 0.15) is 11.0 Å². The van der Waals surface area contributed by atoms with Crippen molar-refractivity contribution in [3.05, 3.63) is 23.8 Å².